The minimum atomic E-state index is -4.45. The van der Waals surface area contributed by atoms with Gasteiger partial charge in [-0.1, -0.05) is 198 Å². The first kappa shape index (κ1) is 49.5. The molecule has 0 saturated heterocycles. The van der Waals surface area contributed by atoms with Gasteiger partial charge in [-0.15, -0.1) is 0 Å². The molecule has 0 aromatic rings. The second kappa shape index (κ2) is 36.9. The van der Waals surface area contributed by atoms with Crippen molar-refractivity contribution in [2.24, 2.45) is 0 Å². The average molecular weight is 740 g/mol. The van der Waals surface area contributed by atoms with Gasteiger partial charge in [-0.05, 0) is 44.9 Å². The van der Waals surface area contributed by atoms with Gasteiger partial charge in [-0.3, -0.25) is 9.35 Å². The van der Waals surface area contributed by atoms with Crippen LogP contribution in [0.1, 0.15) is 206 Å². The SMILES string of the molecule is CCCCCC/C=C/CC/C=C/CC/C=C/C(O)C(CS(=O)(=O)O)NC(=O)C(O)CCCCCCCCCCCCCCCCCCCCCC. The van der Waals surface area contributed by atoms with E-state index < -0.39 is 40.0 Å². The lowest BCUT2D eigenvalue weighted by atomic mass is 10.0. The Kier molecular flexibility index (Phi) is 35.8. The quantitative estimate of drug-likeness (QED) is 0.0284. The molecule has 0 aromatic carbocycles. The van der Waals surface area contributed by atoms with Crippen molar-refractivity contribution in [2.45, 2.75) is 225 Å². The molecule has 51 heavy (non-hydrogen) atoms. The fourth-order valence-corrected chi connectivity index (χ4v) is 7.10. The van der Waals surface area contributed by atoms with Crippen molar-refractivity contribution in [2.75, 3.05) is 5.75 Å². The third kappa shape index (κ3) is 36.7. The van der Waals surface area contributed by atoms with Crippen LogP contribution in [0.3, 0.4) is 0 Å². The molecule has 0 radical (unpaired) electrons. The molecular formula is C43H81NO6S. The van der Waals surface area contributed by atoms with E-state index in [0.29, 0.717) is 12.8 Å². The smallest absolute Gasteiger partial charge is 0.267 e. The Morgan fingerprint density at radius 1 is 0.529 bits per heavy atom. The Morgan fingerprint density at radius 3 is 1.29 bits per heavy atom. The predicted molar refractivity (Wildman–Crippen MR) is 218 cm³/mol. The highest BCUT2D eigenvalue weighted by molar-refractivity contribution is 7.85. The zero-order valence-electron chi connectivity index (χ0n) is 33.1. The van der Waals surface area contributed by atoms with Gasteiger partial charge in [0.15, 0.2) is 0 Å². The van der Waals surface area contributed by atoms with Crippen LogP contribution in [0, 0.1) is 0 Å². The highest BCUT2D eigenvalue weighted by Gasteiger charge is 2.27. The number of carbonyl (C=O) groups excluding carboxylic acids is 1. The van der Waals surface area contributed by atoms with Gasteiger partial charge in [-0.25, -0.2) is 0 Å². The summed E-state index contributed by atoms with van der Waals surface area (Å²) in [6.45, 7) is 4.49. The van der Waals surface area contributed by atoms with E-state index in [9.17, 15) is 28.0 Å². The number of aliphatic hydroxyl groups is 2. The molecule has 1 amide bonds. The minimum absolute atomic E-state index is 0.274. The van der Waals surface area contributed by atoms with Crippen molar-refractivity contribution in [1.82, 2.24) is 5.32 Å². The van der Waals surface area contributed by atoms with Crippen molar-refractivity contribution in [1.29, 1.82) is 0 Å². The molecule has 0 rings (SSSR count). The van der Waals surface area contributed by atoms with Crippen LogP contribution < -0.4 is 5.32 Å². The normalized spacial score (nSPS) is 14.2. The summed E-state index contributed by atoms with van der Waals surface area (Å²) in [7, 11) is -4.45. The van der Waals surface area contributed by atoms with Crippen molar-refractivity contribution >= 4 is 16.0 Å². The highest BCUT2D eigenvalue weighted by Crippen LogP contribution is 2.16. The lowest BCUT2D eigenvalue weighted by Gasteiger charge is -2.22. The number of carbonyl (C=O) groups is 1. The standard InChI is InChI=1S/C43H81NO6S/c1-3-5-7-9-11-13-15-17-19-20-21-22-23-24-26-28-30-32-34-36-38-42(46)43(47)44-40(39-51(48,49)50)41(45)37-35-33-31-29-27-25-18-16-14-12-10-8-6-4-2/h14,16,27,29,35,37,40-42,45-46H,3-13,15,17-26,28,30-34,36,38-39H2,1-2H3,(H,44,47)(H,48,49,50)/b16-14+,29-27+,37-35+. The highest BCUT2D eigenvalue weighted by atomic mass is 32.2. The summed E-state index contributed by atoms with van der Waals surface area (Å²) in [5.41, 5.74) is 0. The number of allylic oxidation sites excluding steroid dienone is 5. The largest absolute Gasteiger partial charge is 0.387 e. The van der Waals surface area contributed by atoms with E-state index >= 15 is 0 Å². The molecule has 0 aromatic heterocycles. The zero-order chi connectivity index (χ0) is 37.7. The first-order valence-electron chi connectivity index (χ1n) is 21.3. The molecule has 3 atom stereocenters. The van der Waals surface area contributed by atoms with E-state index in [1.807, 2.05) is 0 Å². The van der Waals surface area contributed by atoms with Crippen LogP contribution in [0.15, 0.2) is 36.5 Å². The Balaban J connectivity index is 4.01. The van der Waals surface area contributed by atoms with Gasteiger partial charge in [0, 0.05) is 0 Å². The van der Waals surface area contributed by atoms with Crippen LogP contribution in [-0.4, -0.2) is 53.1 Å². The average Bonchev–Trinajstić information content (AvgIpc) is 3.09. The summed E-state index contributed by atoms with van der Waals surface area (Å²) < 4.78 is 32.5. The third-order valence-electron chi connectivity index (χ3n) is 9.65. The molecule has 300 valence electrons. The fraction of sp³-hybridized carbons (Fsp3) is 0.837. The van der Waals surface area contributed by atoms with Gasteiger partial charge in [-0.2, -0.15) is 8.42 Å². The van der Waals surface area contributed by atoms with Crippen LogP contribution in [0.2, 0.25) is 0 Å². The van der Waals surface area contributed by atoms with Crippen LogP contribution in [0.5, 0.6) is 0 Å². The summed E-state index contributed by atoms with van der Waals surface area (Å²) in [6.07, 6.45) is 44.9. The number of rotatable bonds is 38. The van der Waals surface area contributed by atoms with Gasteiger partial charge in [0.2, 0.25) is 5.91 Å². The van der Waals surface area contributed by atoms with Crippen molar-refractivity contribution in [3.05, 3.63) is 36.5 Å². The summed E-state index contributed by atoms with van der Waals surface area (Å²) in [4.78, 5) is 12.6. The number of aliphatic hydroxyl groups excluding tert-OH is 2. The molecule has 4 N–H and O–H groups in total. The molecule has 0 aliphatic heterocycles. The van der Waals surface area contributed by atoms with Crippen LogP contribution in [0.25, 0.3) is 0 Å². The lowest BCUT2D eigenvalue weighted by molar-refractivity contribution is -0.130. The van der Waals surface area contributed by atoms with Crippen molar-refractivity contribution in [3.8, 4) is 0 Å². The molecule has 0 spiro atoms. The Bertz CT molecular complexity index is 964. The van der Waals surface area contributed by atoms with Crippen LogP contribution in [-0.2, 0) is 14.9 Å². The molecule has 0 bridgehead atoms. The minimum Gasteiger partial charge on any atom is -0.387 e. The fourth-order valence-electron chi connectivity index (χ4n) is 6.37. The third-order valence-corrected chi connectivity index (χ3v) is 10.4. The summed E-state index contributed by atoms with van der Waals surface area (Å²) >= 11 is 0. The molecule has 0 saturated carbocycles. The molecule has 0 aliphatic rings. The molecule has 8 heteroatoms. The van der Waals surface area contributed by atoms with E-state index in [1.165, 1.54) is 134 Å². The second-order valence-electron chi connectivity index (χ2n) is 14.8. The van der Waals surface area contributed by atoms with E-state index in [0.717, 1.165) is 44.9 Å². The Hall–Kier alpha value is -1.48. The number of nitrogens with one attached hydrogen (secondary N) is 1. The van der Waals surface area contributed by atoms with E-state index in [4.69, 9.17) is 0 Å². The number of hydrogen-bond acceptors (Lipinski definition) is 5. The summed E-state index contributed by atoms with van der Waals surface area (Å²) in [6, 6.07) is -1.25. The van der Waals surface area contributed by atoms with Gasteiger partial charge >= 0.3 is 0 Å². The number of hydrogen-bond donors (Lipinski definition) is 4. The molecular weight excluding hydrogens is 659 g/mol. The Morgan fingerprint density at radius 2 is 0.882 bits per heavy atom. The maximum atomic E-state index is 12.6. The second-order valence-corrected chi connectivity index (χ2v) is 16.2. The van der Waals surface area contributed by atoms with Gasteiger partial charge in [0.1, 0.15) is 6.10 Å². The van der Waals surface area contributed by atoms with Gasteiger partial charge in [0.05, 0.1) is 17.9 Å². The maximum absolute atomic E-state index is 12.6. The topological polar surface area (TPSA) is 124 Å². The van der Waals surface area contributed by atoms with E-state index in [1.54, 1.807) is 6.08 Å². The molecule has 0 aliphatic carbocycles. The summed E-state index contributed by atoms with van der Waals surface area (Å²) in [5, 5.41) is 23.4. The molecule has 3 unspecified atom stereocenters. The number of unbranched alkanes of at least 4 members (excludes halogenated alkanes) is 25. The zero-order valence-corrected chi connectivity index (χ0v) is 33.9. The van der Waals surface area contributed by atoms with E-state index in [2.05, 4.69) is 43.5 Å². The van der Waals surface area contributed by atoms with Gasteiger partial charge < -0.3 is 15.5 Å². The first-order chi connectivity index (χ1) is 24.7. The molecule has 0 fully saturated rings. The molecule has 7 nitrogen and oxygen atoms in total. The van der Waals surface area contributed by atoms with Gasteiger partial charge in [0.25, 0.3) is 10.1 Å². The lowest BCUT2D eigenvalue weighted by Crippen LogP contribution is -2.50. The first-order valence-corrected chi connectivity index (χ1v) is 22.9. The summed E-state index contributed by atoms with van der Waals surface area (Å²) in [5.74, 6) is -1.56. The number of amides is 1. The van der Waals surface area contributed by atoms with E-state index in [-0.39, 0.29) is 6.42 Å². The predicted octanol–water partition coefficient (Wildman–Crippen LogP) is 11.5. The molecule has 0 heterocycles. The monoisotopic (exact) mass is 740 g/mol. The maximum Gasteiger partial charge on any atom is 0.267 e. The Labute approximate surface area is 315 Å². The van der Waals surface area contributed by atoms with Crippen molar-refractivity contribution < 1.29 is 28.0 Å². The van der Waals surface area contributed by atoms with Crippen molar-refractivity contribution in [3.63, 3.8) is 0 Å². The van der Waals surface area contributed by atoms with Crippen LogP contribution >= 0.6 is 0 Å². The van der Waals surface area contributed by atoms with Crippen LogP contribution in [0.4, 0.5) is 0 Å².